The van der Waals surface area contributed by atoms with E-state index in [-0.39, 0.29) is 24.7 Å². The normalized spacial score (nSPS) is 10.8. The van der Waals surface area contributed by atoms with Gasteiger partial charge in [-0.15, -0.1) is 0 Å². The summed E-state index contributed by atoms with van der Waals surface area (Å²) in [6.45, 7) is 4.55. The zero-order valence-electron chi connectivity index (χ0n) is 17.9. The van der Waals surface area contributed by atoms with Crippen molar-refractivity contribution < 1.29 is 23.4 Å². The highest BCUT2D eigenvalue weighted by molar-refractivity contribution is 5.96. The van der Waals surface area contributed by atoms with Crippen LogP contribution in [0, 0.1) is 13.8 Å². The minimum atomic E-state index is -0.221. The van der Waals surface area contributed by atoms with Crippen LogP contribution in [0.5, 0.6) is 0 Å². The molecule has 0 aliphatic heterocycles. The molecule has 9 heteroatoms. The number of methoxy groups -OCH3 is 1. The Labute approximate surface area is 180 Å². The van der Waals surface area contributed by atoms with Gasteiger partial charge in [0.1, 0.15) is 11.5 Å². The summed E-state index contributed by atoms with van der Waals surface area (Å²) >= 11 is 0. The second-order valence-electron chi connectivity index (χ2n) is 7.20. The standard InChI is InChI=1S/C22H26N4O5/c1-15-10-18(24-30-15)13-21(27)23-17-6-4-7-20(12-17)26(8-5-9-29-3)22(28)14-19-11-16(2)31-25-19/h4,6-7,10-12H,5,8-9,13-14H2,1-3H3,(H,23,27). The van der Waals surface area contributed by atoms with Crippen molar-refractivity contribution in [1.29, 1.82) is 0 Å². The zero-order chi connectivity index (χ0) is 22.2. The van der Waals surface area contributed by atoms with Crippen LogP contribution in [0.3, 0.4) is 0 Å². The van der Waals surface area contributed by atoms with Crippen LogP contribution in [-0.4, -0.2) is 42.4 Å². The number of hydrogen-bond acceptors (Lipinski definition) is 7. The maximum atomic E-state index is 13.0. The van der Waals surface area contributed by atoms with Gasteiger partial charge in [-0.25, -0.2) is 0 Å². The van der Waals surface area contributed by atoms with Gasteiger partial charge in [0.15, 0.2) is 0 Å². The van der Waals surface area contributed by atoms with Crippen molar-refractivity contribution in [3.05, 3.63) is 59.3 Å². The minimum absolute atomic E-state index is 0.101. The van der Waals surface area contributed by atoms with Gasteiger partial charge in [0, 0.05) is 43.8 Å². The molecule has 1 aromatic carbocycles. The molecule has 164 valence electrons. The molecule has 0 atom stereocenters. The first-order chi connectivity index (χ1) is 14.9. The first-order valence-corrected chi connectivity index (χ1v) is 9.98. The van der Waals surface area contributed by atoms with E-state index >= 15 is 0 Å². The molecule has 0 fully saturated rings. The van der Waals surface area contributed by atoms with Gasteiger partial charge in [-0.1, -0.05) is 16.4 Å². The van der Waals surface area contributed by atoms with Crippen LogP contribution < -0.4 is 10.2 Å². The van der Waals surface area contributed by atoms with E-state index in [0.29, 0.717) is 53.9 Å². The van der Waals surface area contributed by atoms with Crippen molar-refractivity contribution in [3.63, 3.8) is 0 Å². The number of anilines is 2. The summed E-state index contributed by atoms with van der Waals surface area (Å²) in [5.41, 5.74) is 2.40. The number of nitrogens with one attached hydrogen (secondary N) is 1. The number of aromatic nitrogens is 2. The Morgan fingerprint density at radius 1 is 1.03 bits per heavy atom. The molecule has 3 rings (SSSR count). The second-order valence-corrected chi connectivity index (χ2v) is 7.20. The molecule has 0 saturated heterocycles. The van der Waals surface area contributed by atoms with Crippen LogP contribution in [-0.2, 0) is 27.2 Å². The number of aryl methyl sites for hydroxylation is 2. The van der Waals surface area contributed by atoms with Crippen molar-refractivity contribution in [2.24, 2.45) is 0 Å². The summed E-state index contributed by atoms with van der Waals surface area (Å²) < 4.78 is 15.2. The van der Waals surface area contributed by atoms with Crippen LogP contribution in [0.1, 0.15) is 29.3 Å². The molecule has 0 saturated carbocycles. The molecule has 0 bridgehead atoms. The third-order valence-corrected chi connectivity index (χ3v) is 4.50. The predicted octanol–water partition coefficient (Wildman–Crippen LogP) is 3.07. The molecular weight excluding hydrogens is 400 g/mol. The number of amides is 2. The molecule has 9 nitrogen and oxygen atoms in total. The highest BCUT2D eigenvalue weighted by Gasteiger charge is 2.18. The van der Waals surface area contributed by atoms with Crippen molar-refractivity contribution in [2.45, 2.75) is 33.1 Å². The average Bonchev–Trinajstić information content (AvgIpc) is 3.32. The van der Waals surface area contributed by atoms with Gasteiger partial charge in [0.05, 0.1) is 24.2 Å². The van der Waals surface area contributed by atoms with E-state index in [2.05, 4.69) is 15.6 Å². The van der Waals surface area contributed by atoms with Crippen molar-refractivity contribution >= 4 is 23.2 Å². The van der Waals surface area contributed by atoms with E-state index in [4.69, 9.17) is 13.8 Å². The number of carbonyl (C=O) groups excluding carboxylic acids is 2. The molecule has 0 aliphatic rings. The first-order valence-electron chi connectivity index (χ1n) is 9.98. The zero-order valence-corrected chi connectivity index (χ0v) is 17.9. The number of nitrogens with zero attached hydrogens (tertiary/aromatic N) is 3. The van der Waals surface area contributed by atoms with E-state index < -0.39 is 0 Å². The summed E-state index contributed by atoms with van der Waals surface area (Å²) in [7, 11) is 1.62. The van der Waals surface area contributed by atoms with E-state index in [1.165, 1.54) is 0 Å². The maximum absolute atomic E-state index is 13.0. The Bertz CT molecular complexity index is 1030. The van der Waals surface area contributed by atoms with E-state index in [1.807, 2.05) is 6.07 Å². The molecule has 2 heterocycles. The average molecular weight is 426 g/mol. The lowest BCUT2D eigenvalue weighted by Crippen LogP contribution is -2.34. The van der Waals surface area contributed by atoms with Crippen LogP contribution in [0.4, 0.5) is 11.4 Å². The Kier molecular flexibility index (Phi) is 7.55. The molecule has 0 spiro atoms. The smallest absolute Gasteiger partial charge is 0.233 e. The monoisotopic (exact) mass is 426 g/mol. The molecule has 2 amide bonds. The summed E-state index contributed by atoms with van der Waals surface area (Å²) in [6.07, 6.45) is 0.887. The Balaban J connectivity index is 1.71. The van der Waals surface area contributed by atoms with Crippen molar-refractivity contribution in [3.8, 4) is 0 Å². The first kappa shape index (κ1) is 22.2. The van der Waals surface area contributed by atoms with Crippen LogP contribution in [0.2, 0.25) is 0 Å². The Hall–Kier alpha value is -3.46. The fourth-order valence-corrected chi connectivity index (χ4v) is 3.14. The number of carbonyl (C=O) groups is 2. The largest absolute Gasteiger partial charge is 0.385 e. The maximum Gasteiger partial charge on any atom is 0.233 e. The lowest BCUT2D eigenvalue weighted by molar-refractivity contribution is -0.118. The van der Waals surface area contributed by atoms with Crippen molar-refractivity contribution in [2.75, 3.05) is 30.5 Å². The number of rotatable bonds is 10. The third kappa shape index (κ3) is 6.51. The number of hydrogen-bond donors (Lipinski definition) is 1. The van der Waals surface area contributed by atoms with Gasteiger partial charge >= 0.3 is 0 Å². The molecular formula is C22H26N4O5. The fourth-order valence-electron chi connectivity index (χ4n) is 3.14. The minimum Gasteiger partial charge on any atom is -0.385 e. The summed E-state index contributed by atoms with van der Waals surface area (Å²) in [5.74, 6) is 0.963. The Morgan fingerprint density at radius 3 is 2.32 bits per heavy atom. The van der Waals surface area contributed by atoms with Gasteiger partial charge in [-0.2, -0.15) is 0 Å². The predicted molar refractivity (Wildman–Crippen MR) is 114 cm³/mol. The van der Waals surface area contributed by atoms with Gasteiger partial charge in [-0.3, -0.25) is 9.59 Å². The molecule has 3 aromatic rings. The second kappa shape index (κ2) is 10.5. The Morgan fingerprint density at radius 2 is 1.71 bits per heavy atom. The third-order valence-electron chi connectivity index (χ3n) is 4.50. The van der Waals surface area contributed by atoms with Crippen molar-refractivity contribution in [1.82, 2.24) is 10.3 Å². The molecule has 2 aromatic heterocycles. The topological polar surface area (TPSA) is 111 Å². The molecule has 31 heavy (non-hydrogen) atoms. The molecule has 0 unspecified atom stereocenters. The summed E-state index contributed by atoms with van der Waals surface area (Å²) in [5, 5.41) is 10.6. The lowest BCUT2D eigenvalue weighted by atomic mass is 10.2. The quantitative estimate of drug-likeness (QED) is 0.496. The summed E-state index contributed by atoms with van der Waals surface area (Å²) in [4.78, 5) is 27.0. The van der Waals surface area contributed by atoms with Gasteiger partial charge < -0.3 is 24.0 Å². The number of benzene rings is 1. The number of ether oxygens (including phenoxy) is 1. The van der Waals surface area contributed by atoms with Crippen LogP contribution in [0.15, 0.2) is 45.4 Å². The van der Waals surface area contributed by atoms with Gasteiger partial charge in [-0.05, 0) is 38.5 Å². The van der Waals surface area contributed by atoms with E-state index in [1.54, 1.807) is 56.2 Å². The van der Waals surface area contributed by atoms with Crippen LogP contribution in [0.25, 0.3) is 0 Å². The summed E-state index contributed by atoms with van der Waals surface area (Å²) in [6, 6.07) is 10.6. The van der Waals surface area contributed by atoms with E-state index in [9.17, 15) is 9.59 Å². The molecule has 0 radical (unpaired) electrons. The van der Waals surface area contributed by atoms with Gasteiger partial charge in [0.25, 0.3) is 0 Å². The lowest BCUT2D eigenvalue weighted by Gasteiger charge is -2.23. The molecule has 1 N–H and O–H groups in total. The highest BCUT2D eigenvalue weighted by Crippen LogP contribution is 2.21. The molecule has 0 aliphatic carbocycles. The van der Waals surface area contributed by atoms with Gasteiger partial charge in [0.2, 0.25) is 11.8 Å². The SMILES string of the molecule is COCCCN(C(=O)Cc1cc(C)on1)c1cccc(NC(=O)Cc2cc(C)on2)c1. The fraction of sp³-hybridized carbons (Fsp3) is 0.364. The van der Waals surface area contributed by atoms with E-state index in [0.717, 1.165) is 0 Å². The van der Waals surface area contributed by atoms with Crippen LogP contribution >= 0.6 is 0 Å². The highest BCUT2D eigenvalue weighted by atomic mass is 16.5.